The van der Waals surface area contributed by atoms with Crippen molar-refractivity contribution in [3.63, 3.8) is 0 Å². The fourth-order valence-electron chi connectivity index (χ4n) is 2.71. The van der Waals surface area contributed by atoms with Crippen molar-refractivity contribution in [3.05, 3.63) is 57.6 Å². The Kier molecular flexibility index (Phi) is 8.64. The van der Waals surface area contributed by atoms with E-state index in [1.54, 1.807) is 10.7 Å². The van der Waals surface area contributed by atoms with Gasteiger partial charge in [-0.3, -0.25) is 4.68 Å². The van der Waals surface area contributed by atoms with Crippen molar-refractivity contribution in [2.24, 2.45) is 5.73 Å². The van der Waals surface area contributed by atoms with E-state index in [9.17, 15) is 12.8 Å². The summed E-state index contributed by atoms with van der Waals surface area (Å²) in [5.74, 6) is -0.342. The van der Waals surface area contributed by atoms with Gasteiger partial charge in [0, 0.05) is 43.3 Å². The minimum Gasteiger partial charge on any atom is -0.327 e. The Hall–Kier alpha value is -1.45. The molecule has 10 heteroatoms. The van der Waals surface area contributed by atoms with Crippen molar-refractivity contribution in [1.29, 1.82) is 0 Å². The molecule has 0 saturated heterocycles. The summed E-state index contributed by atoms with van der Waals surface area (Å²) in [4.78, 5) is 0.138. The first-order chi connectivity index (χ1) is 12.6. The van der Waals surface area contributed by atoms with Gasteiger partial charge in [0.2, 0.25) is 10.0 Å². The molecule has 0 amide bonds. The number of benzene rings is 1. The van der Waals surface area contributed by atoms with Gasteiger partial charge in [-0.15, -0.1) is 12.4 Å². The molecule has 1 aromatic carbocycles. The van der Waals surface area contributed by atoms with E-state index in [1.165, 1.54) is 32.3 Å². The van der Waals surface area contributed by atoms with Gasteiger partial charge in [-0.2, -0.15) is 5.10 Å². The minimum absolute atomic E-state index is 0. The zero-order chi connectivity index (χ0) is 20.4. The molecule has 2 N–H and O–H groups in total. The van der Waals surface area contributed by atoms with Crippen LogP contribution in [0.3, 0.4) is 0 Å². The van der Waals surface area contributed by atoms with E-state index in [4.69, 9.17) is 17.3 Å². The fourth-order valence-corrected chi connectivity index (χ4v) is 3.95. The van der Waals surface area contributed by atoms with Gasteiger partial charge in [0.05, 0.1) is 17.1 Å². The Balaban J connectivity index is 0.00000392. The number of halogens is 3. The van der Waals surface area contributed by atoms with Crippen LogP contribution >= 0.6 is 24.0 Å². The van der Waals surface area contributed by atoms with Crippen molar-refractivity contribution >= 4 is 34.0 Å². The fraction of sp³-hybridized carbons (Fsp3) is 0.389. The summed E-state index contributed by atoms with van der Waals surface area (Å²) in [6.45, 7) is 3.87. The first-order valence-electron chi connectivity index (χ1n) is 8.36. The molecule has 0 atom stereocenters. The molecule has 0 fully saturated rings. The summed E-state index contributed by atoms with van der Waals surface area (Å²) in [6, 6.07) is 4.68. The number of allylic oxidation sites excluding steroid dienone is 1. The van der Waals surface area contributed by atoms with Crippen LogP contribution in [0.4, 0.5) is 4.39 Å². The minimum atomic E-state index is -3.55. The number of nitrogens with two attached hydrogens (primary N) is 1. The Bertz CT molecular complexity index is 972. The molecule has 0 unspecified atom stereocenters. The van der Waals surface area contributed by atoms with Gasteiger partial charge in [0.1, 0.15) is 5.83 Å². The van der Waals surface area contributed by atoms with E-state index in [0.717, 1.165) is 26.8 Å². The van der Waals surface area contributed by atoms with Crippen molar-refractivity contribution in [2.45, 2.75) is 31.7 Å². The molecule has 0 aliphatic carbocycles. The van der Waals surface area contributed by atoms with Crippen molar-refractivity contribution in [1.82, 2.24) is 14.1 Å². The molecule has 2 aromatic rings. The topological polar surface area (TPSA) is 81.2 Å². The zero-order valence-corrected chi connectivity index (χ0v) is 18.6. The molecule has 2 rings (SSSR count). The van der Waals surface area contributed by atoms with Gasteiger partial charge in [-0.1, -0.05) is 17.7 Å². The van der Waals surface area contributed by atoms with Gasteiger partial charge in [0.15, 0.2) is 0 Å². The SMILES string of the molecule is Cc1nn(CC(F)=CCN)c(C)c1Cc1ccc(S(=O)(=O)N(C)C)cc1Cl.Cl. The maximum atomic E-state index is 13.8. The number of rotatable bonds is 7. The summed E-state index contributed by atoms with van der Waals surface area (Å²) in [7, 11) is -0.608. The van der Waals surface area contributed by atoms with Gasteiger partial charge >= 0.3 is 0 Å². The third kappa shape index (κ3) is 5.33. The lowest BCUT2D eigenvalue weighted by molar-refractivity contribution is 0.517. The van der Waals surface area contributed by atoms with Crippen molar-refractivity contribution < 1.29 is 12.8 Å². The number of aryl methyl sites for hydroxylation is 1. The highest BCUT2D eigenvalue weighted by molar-refractivity contribution is 7.89. The molecule has 156 valence electrons. The van der Waals surface area contributed by atoms with Gasteiger partial charge < -0.3 is 5.73 Å². The molecule has 0 aliphatic heterocycles. The van der Waals surface area contributed by atoms with Crippen molar-refractivity contribution in [3.8, 4) is 0 Å². The lowest BCUT2D eigenvalue weighted by atomic mass is 10.0. The highest BCUT2D eigenvalue weighted by Crippen LogP contribution is 2.27. The Morgan fingerprint density at radius 2 is 2.00 bits per heavy atom. The maximum Gasteiger partial charge on any atom is 0.242 e. The number of sulfonamides is 1. The average Bonchev–Trinajstić information content (AvgIpc) is 2.83. The summed E-state index contributed by atoms with van der Waals surface area (Å²) in [5.41, 5.74) is 8.64. The molecular weight excluding hydrogens is 426 g/mol. The molecule has 0 radical (unpaired) electrons. The second-order valence-corrected chi connectivity index (χ2v) is 8.97. The molecule has 0 bridgehead atoms. The Labute approximate surface area is 176 Å². The van der Waals surface area contributed by atoms with E-state index < -0.39 is 10.0 Å². The Morgan fingerprint density at radius 1 is 1.36 bits per heavy atom. The lowest BCUT2D eigenvalue weighted by Gasteiger charge is -2.13. The number of hydrogen-bond acceptors (Lipinski definition) is 4. The van der Waals surface area contributed by atoms with E-state index in [1.807, 2.05) is 13.8 Å². The maximum absolute atomic E-state index is 13.8. The number of nitrogens with zero attached hydrogens (tertiary/aromatic N) is 3. The normalized spacial score (nSPS) is 12.4. The van der Waals surface area contributed by atoms with E-state index in [-0.39, 0.29) is 36.2 Å². The predicted octanol–water partition coefficient (Wildman–Crippen LogP) is 3.23. The second-order valence-electron chi connectivity index (χ2n) is 6.41. The molecule has 0 aliphatic rings. The number of aromatic nitrogens is 2. The Morgan fingerprint density at radius 3 is 2.54 bits per heavy atom. The third-order valence-corrected chi connectivity index (χ3v) is 6.50. The smallest absolute Gasteiger partial charge is 0.242 e. The standard InChI is InChI=1S/C18H24ClFN4O2S.ClH/c1-12-17(13(2)24(22-12)11-15(20)7-8-21)9-14-5-6-16(10-18(14)19)27(25,26)23(3)4;/h5-7,10H,8-9,11,21H2,1-4H3;1H. The van der Waals surface area contributed by atoms with Gasteiger partial charge in [-0.25, -0.2) is 17.1 Å². The van der Waals surface area contributed by atoms with E-state index in [0.29, 0.717) is 11.4 Å². The van der Waals surface area contributed by atoms with Gasteiger partial charge in [-0.05, 0) is 37.6 Å². The van der Waals surface area contributed by atoms with Crippen LogP contribution < -0.4 is 5.73 Å². The highest BCUT2D eigenvalue weighted by Gasteiger charge is 2.19. The quantitative estimate of drug-likeness (QED) is 0.701. The predicted molar refractivity (Wildman–Crippen MR) is 112 cm³/mol. The highest BCUT2D eigenvalue weighted by atomic mass is 35.5. The first-order valence-corrected chi connectivity index (χ1v) is 10.2. The summed E-state index contributed by atoms with van der Waals surface area (Å²) >= 11 is 6.33. The molecule has 1 aromatic heterocycles. The van der Waals surface area contributed by atoms with Crippen LogP contribution in [0.5, 0.6) is 0 Å². The van der Waals surface area contributed by atoms with Crippen molar-refractivity contribution in [2.75, 3.05) is 20.6 Å². The van der Waals surface area contributed by atoms with Crippen LogP contribution in [-0.2, 0) is 23.0 Å². The van der Waals surface area contributed by atoms with Crippen LogP contribution in [0, 0.1) is 13.8 Å². The third-order valence-electron chi connectivity index (χ3n) is 4.34. The van der Waals surface area contributed by atoms with E-state index >= 15 is 0 Å². The van der Waals surface area contributed by atoms with Crippen LogP contribution in [-0.4, -0.2) is 43.1 Å². The molecule has 1 heterocycles. The molecular formula is C18H25Cl2FN4O2S. The lowest BCUT2D eigenvalue weighted by Crippen LogP contribution is -2.22. The van der Waals surface area contributed by atoms with Crippen LogP contribution in [0.1, 0.15) is 22.5 Å². The monoisotopic (exact) mass is 450 g/mol. The first kappa shape index (κ1) is 24.6. The molecule has 0 spiro atoms. The molecule has 0 saturated carbocycles. The molecule has 28 heavy (non-hydrogen) atoms. The van der Waals surface area contributed by atoms with E-state index in [2.05, 4.69) is 5.10 Å². The van der Waals surface area contributed by atoms with Crippen LogP contribution in [0.25, 0.3) is 0 Å². The average molecular weight is 451 g/mol. The van der Waals surface area contributed by atoms with Crippen LogP contribution in [0.15, 0.2) is 35.0 Å². The summed E-state index contributed by atoms with van der Waals surface area (Å²) < 4.78 is 40.9. The van der Waals surface area contributed by atoms with Gasteiger partial charge in [0.25, 0.3) is 0 Å². The number of hydrogen-bond donors (Lipinski definition) is 1. The molecule has 6 nitrogen and oxygen atoms in total. The summed E-state index contributed by atoms with van der Waals surface area (Å²) in [5, 5.41) is 4.75. The summed E-state index contributed by atoms with van der Waals surface area (Å²) in [6.07, 6.45) is 1.79. The second kappa shape index (κ2) is 9.84. The largest absolute Gasteiger partial charge is 0.327 e. The zero-order valence-electron chi connectivity index (χ0n) is 16.2. The van der Waals surface area contributed by atoms with Crippen LogP contribution in [0.2, 0.25) is 5.02 Å².